The van der Waals surface area contributed by atoms with E-state index in [2.05, 4.69) is 224 Å². The highest BCUT2D eigenvalue weighted by atomic mass is 14.4. The minimum Gasteiger partial charge on any atom is -0.0619 e. The van der Waals surface area contributed by atoms with E-state index in [0.29, 0.717) is 0 Å². The monoisotopic (exact) mass is 770 g/mol. The molecule has 2 aliphatic carbocycles. The molecule has 0 saturated carbocycles. The number of rotatable bonds is 4. The fourth-order valence-corrected chi connectivity index (χ4v) is 10.9. The van der Waals surface area contributed by atoms with Gasteiger partial charge in [0.05, 0.1) is 0 Å². The van der Waals surface area contributed by atoms with Gasteiger partial charge >= 0.3 is 0 Å². The number of benzene rings is 9. The van der Waals surface area contributed by atoms with Crippen molar-refractivity contribution in [2.24, 2.45) is 0 Å². The summed E-state index contributed by atoms with van der Waals surface area (Å²) in [6.45, 7) is 16.5. The molecule has 0 saturated heterocycles. The second-order valence-corrected chi connectivity index (χ2v) is 19.3. The number of fused-ring (bicyclic) bond motifs is 8. The van der Waals surface area contributed by atoms with Crippen LogP contribution in [0.25, 0.3) is 88.3 Å². The van der Waals surface area contributed by atoms with Crippen molar-refractivity contribution in [3.8, 4) is 66.8 Å². The molecule has 9 aromatic rings. The summed E-state index contributed by atoms with van der Waals surface area (Å²) < 4.78 is 0. The van der Waals surface area contributed by atoms with Gasteiger partial charge in [-0.25, -0.2) is 0 Å². The van der Waals surface area contributed by atoms with Crippen molar-refractivity contribution >= 4 is 21.5 Å². The van der Waals surface area contributed by atoms with Crippen LogP contribution in [0.4, 0.5) is 0 Å². The molecular formula is C60H50. The molecule has 11 rings (SSSR count). The van der Waals surface area contributed by atoms with E-state index in [1.54, 1.807) is 0 Å². The predicted octanol–water partition coefficient (Wildman–Crippen LogP) is 16.6. The quantitative estimate of drug-likeness (QED) is 0.156. The van der Waals surface area contributed by atoms with E-state index < -0.39 is 0 Å². The lowest BCUT2D eigenvalue weighted by molar-refractivity contribution is 0.601. The third kappa shape index (κ3) is 5.43. The Labute approximate surface area is 355 Å². The van der Waals surface area contributed by atoms with Crippen LogP contribution in [0, 0.1) is 0 Å². The Bertz CT molecular complexity index is 3140. The highest BCUT2D eigenvalue weighted by molar-refractivity contribution is 6.15. The highest BCUT2D eigenvalue weighted by Crippen LogP contribution is 2.53. The molecule has 0 fully saturated rings. The maximum absolute atomic E-state index is 2.46. The molecule has 0 aliphatic heterocycles. The predicted molar refractivity (Wildman–Crippen MR) is 257 cm³/mol. The molecule has 0 amide bonds. The molecule has 290 valence electrons. The summed E-state index contributed by atoms with van der Waals surface area (Å²) in [5.41, 5.74) is 22.5. The zero-order valence-electron chi connectivity index (χ0n) is 35.7. The van der Waals surface area contributed by atoms with Crippen molar-refractivity contribution in [3.05, 3.63) is 204 Å². The Morgan fingerprint density at radius 3 is 1.07 bits per heavy atom. The summed E-state index contributed by atoms with van der Waals surface area (Å²) in [5, 5.41) is 5.31. The van der Waals surface area contributed by atoms with E-state index in [9.17, 15) is 0 Å². The third-order valence-electron chi connectivity index (χ3n) is 14.0. The molecule has 0 bridgehead atoms. The first-order valence-corrected chi connectivity index (χ1v) is 21.6. The lowest BCUT2D eigenvalue weighted by Gasteiger charge is -2.26. The second kappa shape index (κ2) is 13.0. The van der Waals surface area contributed by atoms with Crippen LogP contribution in [0.5, 0.6) is 0 Å². The summed E-state index contributed by atoms with van der Waals surface area (Å²) in [6.07, 6.45) is 0. The highest BCUT2D eigenvalue weighted by Gasteiger charge is 2.37. The van der Waals surface area contributed by atoms with Crippen LogP contribution in [-0.2, 0) is 16.2 Å². The first-order chi connectivity index (χ1) is 28.9. The smallest absolute Gasteiger partial charge is 0.0159 e. The maximum atomic E-state index is 2.46. The third-order valence-corrected chi connectivity index (χ3v) is 14.0. The molecule has 0 N–H and O–H groups in total. The topological polar surface area (TPSA) is 0 Å². The van der Waals surface area contributed by atoms with Gasteiger partial charge in [-0.2, -0.15) is 0 Å². The van der Waals surface area contributed by atoms with Crippen molar-refractivity contribution in [1.82, 2.24) is 0 Å². The van der Waals surface area contributed by atoms with Gasteiger partial charge < -0.3 is 0 Å². The molecule has 2 aliphatic rings. The normalized spacial score (nSPS) is 14.5. The molecule has 0 unspecified atom stereocenters. The standard InChI is InChI=1S/C60H50/c1-58(2,3)57-50-17-10-8-15-48(50)56(49-16-9-11-18-51(49)57)40-26-24-38(25-27-40)37-20-22-39(23-21-37)41-28-31-46-47-33-30-43(36-55(47)60(6,7)54(46)34-41)42-29-32-45-44-14-12-13-19-52(44)59(4,5)53(45)35-42/h8-36H,1-7H3. The lowest BCUT2D eigenvalue weighted by Crippen LogP contribution is -2.15. The van der Waals surface area contributed by atoms with Crippen LogP contribution in [0.2, 0.25) is 0 Å². The molecule has 0 nitrogen and oxygen atoms in total. The summed E-state index contributed by atoms with van der Waals surface area (Å²) in [4.78, 5) is 0. The van der Waals surface area contributed by atoms with Crippen molar-refractivity contribution in [1.29, 1.82) is 0 Å². The van der Waals surface area contributed by atoms with Crippen molar-refractivity contribution in [2.75, 3.05) is 0 Å². The van der Waals surface area contributed by atoms with Crippen LogP contribution in [0.15, 0.2) is 176 Å². The fraction of sp³-hybridized carbons (Fsp3) is 0.167. The van der Waals surface area contributed by atoms with Gasteiger partial charge in [-0.15, -0.1) is 0 Å². The molecule has 0 spiro atoms. The van der Waals surface area contributed by atoms with Gasteiger partial charge in [-0.1, -0.05) is 206 Å². The van der Waals surface area contributed by atoms with E-state index >= 15 is 0 Å². The van der Waals surface area contributed by atoms with Gasteiger partial charge in [-0.3, -0.25) is 0 Å². The maximum Gasteiger partial charge on any atom is 0.0159 e. The minimum atomic E-state index is -0.117. The van der Waals surface area contributed by atoms with Crippen molar-refractivity contribution in [2.45, 2.75) is 64.7 Å². The minimum absolute atomic E-state index is 0.0157. The molecule has 0 radical (unpaired) electrons. The first-order valence-electron chi connectivity index (χ1n) is 21.6. The number of hydrogen-bond acceptors (Lipinski definition) is 0. The summed E-state index contributed by atoms with van der Waals surface area (Å²) in [5.74, 6) is 0. The molecule has 0 heterocycles. The SMILES string of the molecule is CC(C)(C)c1c2ccccc2c(-c2ccc(-c3ccc(-c4ccc5c(c4)C(C)(C)c4cc(-c6ccc7c(c6)C(C)(C)c6ccccc6-7)ccc4-5)cc3)cc2)c2ccccc12. The average Bonchev–Trinajstić information content (AvgIpc) is 3.63. The Balaban J connectivity index is 0.884. The van der Waals surface area contributed by atoms with Crippen LogP contribution in [0.1, 0.15) is 76.3 Å². The van der Waals surface area contributed by atoms with E-state index in [1.807, 2.05) is 0 Å². The number of hydrogen-bond donors (Lipinski definition) is 0. The van der Waals surface area contributed by atoms with E-state index in [-0.39, 0.29) is 16.2 Å². The Morgan fingerprint density at radius 2 is 0.617 bits per heavy atom. The zero-order chi connectivity index (χ0) is 41.1. The van der Waals surface area contributed by atoms with E-state index in [0.717, 1.165) is 0 Å². The average molecular weight is 771 g/mol. The summed E-state index contributed by atoms with van der Waals surface area (Å²) in [6, 6.07) is 66.5. The first kappa shape index (κ1) is 36.6. The molecule has 60 heavy (non-hydrogen) atoms. The summed E-state index contributed by atoms with van der Waals surface area (Å²) >= 11 is 0. The molecule has 0 aromatic heterocycles. The van der Waals surface area contributed by atoms with Gasteiger partial charge in [0, 0.05) is 10.8 Å². The Morgan fingerprint density at radius 1 is 0.300 bits per heavy atom. The fourth-order valence-electron chi connectivity index (χ4n) is 10.9. The van der Waals surface area contributed by atoms with Crippen molar-refractivity contribution in [3.63, 3.8) is 0 Å². The zero-order valence-corrected chi connectivity index (χ0v) is 35.7. The second-order valence-electron chi connectivity index (χ2n) is 19.3. The summed E-state index contributed by atoms with van der Waals surface area (Å²) in [7, 11) is 0. The van der Waals surface area contributed by atoms with Crippen LogP contribution < -0.4 is 0 Å². The van der Waals surface area contributed by atoms with E-state index in [4.69, 9.17) is 0 Å². The lowest BCUT2D eigenvalue weighted by atomic mass is 9.78. The van der Waals surface area contributed by atoms with E-state index in [1.165, 1.54) is 116 Å². The van der Waals surface area contributed by atoms with Gasteiger partial charge in [0.15, 0.2) is 0 Å². The van der Waals surface area contributed by atoms with Crippen LogP contribution in [-0.4, -0.2) is 0 Å². The van der Waals surface area contributed by atoms with Crippen molar-refractivity contribution < 1.29 is 0 Å². The van der Waals surface area contributed by atoms with Gasteiger partial charge in [0.1, 0.15) is 0 Å². The molecule has 0 atom stereocenters. The van der Waals surface area contributed by atoms with Gasteiger partial charge in [0.25, 0.3) is 0 Å². The van der Waals surface area contributed by atoms with Crippen LogP contribution in [0.3, 0.4) is 0 Å². The molecular weight excluding hydrogens is 721 g/mol. The molecule has 0 heteroatoms. The van der Waals surface area contributed by atoms with Gasteiger partial charge in [0.2, 0.25) is 0 Å². The van der Waals surface area contributed by atoms with Gasteiger partial charge in [-0.05, 0) is 140 Å². The van der Waals surface area contributed by atoms with Crippen LogP contribution >= 0.6 is 0 Å². The largest absolute Gasteiger partial charge is 0.0619 e. The Hall–Kier alpha value is -6.50. The molecule has 9 aromatic carbocycles. The Kier molecular flexibility index (Phi) is 7.92.